The molecule has 0 aliphatic carbocycles. The van der Waals surface area contributed by atoms with Gasteiger partial charge in [0, 0.05) is 3.57 Å². The predicted molar refractivity (Wildman–Crippen MR) is 74.2 cm³/mol. The largest absolute Gasteiger partial charge is 0.291 e. The van der Waals surface area contributed by atoms with Crippen LogP contribution in [0.25, 0.3) is 0 Å². The topological polar surface area (TPSA) is 80.3 Å². The van der Waals surface area contributed by atoms with Crippen LogP contribution in [0.2, 0.25) is 0 Å². The normalized spacial score (nSPS) is 13.8. The highest BCUT2D eigenvalue weighted by Gasteiger charge is 2.28. The van der Waals surface area contributed by atoms with Crippen molar-refractivity contribution < 1.29 is 18.0 Å². The zero-order chi connectivity index (χ0) is 12.8. The van der Waals surface area contributed by atoms with E-state index in [2.05, 4.69) is 34.7 Å². The minimum atomic E-state index is -2.59. The van der Waals surface area contributed by atoms with E-state index in [1.807, 2.05) is 18.2 Å². The molecule has 0 saturated carbocycles. The Balaban J connectivity index is 0.000000181. The fourth-order valence-electron chi connectivity index (χ4n) is 0.824. The minimum absolute atomic E-state index is 0.386. The molecule has 1 heterocycles. The Kier molecular flexibility index (Phi) is 5.65. The third kappa shape index (κ3) is 4.88. The smallest absolute Gasteiger partial charge is 0.281 e. The van der Waals surface area contributed by atoms with Gasteiger partial charge in [0.15, 0.2) is 0 Å². The van der Waals surface area contributed by atoms with Crippen molar-refractivity contribution in [1.82, 2.24) is 5.32 Å². The second-order valence-corrected chi connectivity index (χ2v) is 6.03. The summed E-state index contributed by atoms with van der Waals surface area (Å²) in [4.78, 5) is 20.7. The van der Waals surface area contributed by atoms with Crippen molar-refractivity contribution in [2.75, 3.05) is 0 Å². The molecule has 2 amide bonds. The number of hydrogen-bond donors (Lipinski definition) is 1. The molecule has 17 heavy (non-hydrogen) atoms. The molecule has 1 fully saturated rings. The van der Waals surface area contributed by atoms with Crippen molar-refractivity contribution in [1.29, 1.82) is 0 Å². The van der Waals surface area contributed by atoms with E-state index in [0.29, 0.717) is 11.8 Å². The van der Waals surface area contributed by atoms with Crippen LogP contribution in [0.5, 0.6) is 0 Å². The lowest BCUT2D eigenvalue weighted by molar-refractivity contribution is -0.113. The van der Waals surface area contributed by atoms with Crippen LogP contribution < -0.4 is 5.32 Å². The summed E-state index contributed by atoms with van der Waals surface area (Å²) in [5.41, 5.74) is 0. The van der Waals surface area contributed by atoms with Crippen LogP contribution >= 0.6 is 34.4 Å². The average molecular weight is 383 g/mol. The Morgan fingerprint density at radius 1 is 1.12 bits per heavy atom. The zero-order valence-corrected chi connectivity index (χ0v) is 12.0. The first-order valence-electron chi connectivity index (χ1n) is 4.20. The summed E-state index contributed by atoms with van der Waals surface area (Å²) in [5.74, 6) is -0.844. The monoisotopic (exact) mass is 383 g/mol. The van der Waals surface area contributed by atoms with Gasteiger partial charge in [-0.1, -0.05) is 18.2 Å². The first kappa shape index (κ1) is 14.2. The summed E-state index contributed by atoms with van der Waals surface area (Å²) >= 11 is 2.67. The molecule has 1 aromatic carbocycles. The van der Waals surface area contributed by atoms with Crippen LogP contribution in [0.4, 0.5) is 4.79 Å². The van der Waals surface area contributed by atoms with E-state index in [1.54, 1.807) is 5.32 Å². The highest BCUT2D eigenvalue weighted by atomic mass is 127. The molecule has 90 valence electrons. The van der Waals surface area contributed by atoms with Gasteiger partial charge in [0.1, 0.15) is 0 Å². The molecule has 2 rings (SSSR count). The quantitative estimate of drug-likeness (QED) is 0.539. The van der Waals surface area contributed by atoms with Crippen LogP contribution in [-0.2, 0) is 15.1 Å². The Labute approximate surface area is 117 Å². The summed E-state index contributed by atoms with van der Waals surface area (Å²) < 4.78 is 21.0. The lowest BCUT2D eigenvalue weighted by atomic mass is 10.4. The second-order valence-electron chi connectivity index (χ2n) is 2.66. The SMILES string of the molecule is Ic1ccccc1.O=C1NC(=O)C(=S(=O)=O)S1. The van der Waals surface area contributed by atoms with E-state index >= 15 is 0 Å². The number of carbonyl (C=O) groups is 2. The molecule has 1 N–H and O–H groups in total. The van der Waals surface area contributed by atoms with Crippen molar-refractivity contribution in [2.24, 2.45) is 0 Å². The first-order valence-corrected chi connectivity index (χ1v) is 7.17. The molecular formula is C9H6INO4S2. The number of carbonyl (C=O) groups excluding carboxylic acids is 2. The van der Waals surface area contributed by atoms with E-state index < -0.39 is 25.6 Å². The van der Waals surface area contributed by atoms with Gasteiger partial charge in [0.05, 0.1) is 0 Å². The maximum absolute atomic E-state index is 10.4. The molecule has 0 unspecified atom stereocenters. The Bertz CT molecular complexity index is 560. The van der Waals surface area contributed by atoms with Crippen LogP contribution in [0.1, 0.15) is 0 Å². The second kappa shape index (κ2) is 6.77. The summed E-state index contributed by atoms with van der Waals surface area (Å²) in [6.45, 7) is 0. The van der Waals surface area contributed by atoms with Gasteiger partial charge in [-0.15, -0.1) is 0 Å². The van der Waals surface area contributed by atoms with Crippen LogP contribution in [0.15, 0.2) is 30.3 Å². The molecule has 1 saturated heterocycles. The maximum Gasteiger partial charge on any atom is 0.291 e. The maximum atomic E-state index is 10.4. The summed E-state index contributed by atoms with van der Waals surface area (Å²) in [7, 11) is -2.59. The standard InChI is InChI=1S/C6H5I.C3HNO4S2/c7-6-4-2-1-3-5-6;5-1-2(10(7)8)9-3(6)4-1/h1-5H;(H,4,5,6). The van der Waals surface area contributed by atoms with Crippen LogP contribution in [-0.4, -0.2) is 23.8 Å². The van der Waals surface area contributed by atoms with Crippen molar-refractivity contribution in [3.05, 3.63) is 33.9 Å². The molecule has 0 bridgehead atoms. The third-order valence-electron chi connectivity index (χ3n) is 1.47. The zero-order valence-electron chi connectivity index (χ0n) is 8.21. The number of benzene rings is 1. The van der Waals surface area contributed by atoms with Gasteiger partial charge in [-0.2, -0.15) is 8.42 Å². The van der Waals surface area contributed by atoms with Crippen LogP contribution in [0.3, 0.4) is 0 Å². The average Bonchev–Trinajstić information content (AvgIpc) is 2.60. The molecule has 1 aliphatic rings. The van der Waals surface area contributed by atoms with Gasteiger partial charge in [-0.3, -0.25) is 14.9 Å². The molecular weight excluding hydrogens is 377 g/mol. The number of imide groups is 1. The van der Waals surface area contributed by atoms with Crippen molar-refractivity contribution in [3.63, 3.8) is 0 Å². The molecule has 1 aromatic rings. The predicted octanol–water partition coefficient (Wildman–Crippen LogP) is 1.27. The van der Waals surface area contributed by atoms with Gasteiger partial charge in [-0.25, -0.2) is 0 Å². The third-order valence-corrected chi connectivity index (χ3v) is 3.99. The summed E-state index contributed by atoms with van der Waals surface area (Å²) in [6, 6.07) is 10.2. The number of hydrogen-bond acceptors (Lipinski definition) is 5. The Hall–Kier alpha value is -0.870. The fourth-order valence-corrected chi connectivity index (χ4v) is 2.40. The highest BCUT2D eigenvalue weighted by molar-refractivity contribution is 14.1. The number of halogens is 1. The van der Waals surface area contributed by atoms with Gasteiger partial charge >= 0.3 is 0 Å². The number of rotatable bonds is 0. The van der Waals surface area contributed by atoms with E-state index in [1.165, 1.54) is 3.57 Å². The fraction of sp³-hybridized carbons (Fsp3) is 0. The first-order chi connectivity index (χ1) is 8.00. The highest BCUT2D eigenvalue weighted by Crippen LogP contribution is 2.10. The minimum Gasteiger partial charge on any atom is -0.281 e. The molecule has 5 nitrogen and oxygen atoms in total. The summed E-state index contributed by atoms with van der Waals surface area (Å²) in [5, 5.41) is 1.15. The van der Waals surface area contributed by atoms with Crippen molar-refractivity contribution in [3.8, 4) is 0 Å². The van der Waals surface area contributed by atoms with Crippen molar-refractivity contribution >= 4 is 60.0 Å². The number of thioether (sulfide) groups is 1. The molecule has 0 atom stereocenters. The Morgan fingerprint density at radius 3 is 1.94 bits per heavy atom. The number of nitrogens with one attached hydrogen (secondary N) is 1. The van der Waals surface area contributed by atoms with E-state index in [9.17, 15) is 18.0 Å². The van der Waals surface area contributed by atoms with Gasteiger partial charge in [0.25, 0.3) is 11.1 Å². The lowest BCUT2D eigenvalue weighted by Gasteiger charge is -1.80. The summed E-state index contributed by atoms with van der Waals surface area (Å²) in [6.07, 6.45) is 0. The lowest BCUT2D eigenvalue weighted by Crippen LogP contribution is -2.21. The van der Waals surface area contributed by atoms with E-state index in [-0.39, 0.29) is 0 Å². The molecule has 1 aliphatic heterocycles. The molecule has 0 aromatic heterocycles. The van der Waals surface area contributed by atoms with Crippen LogP contribution in [0, 0.1) is 3.57 Å². The molecule has 0 spiro atoms. The molecule has 0 radical (unpaired) electrons. The number of amides is 2. The Morgan fingerprint density at radius 2 is 1.71 bits per heavy atom. The van der Waals surface area contributed by atoms with Crippen molar-refractivity contribution in [2.45, 2.75) is 0 Å². The van der Waals surface area contributed by atoms with E-state index in [0.717, 1.165) is 0 Å². The van der Waals surface area contributed by atoms with Gasteiger partial charge in [0.2, 0.25) is 14.5 Å². The molecule has 8 heteroatoms. The van der Waals surface area contributed by atoms with E-state index in [4.69, 9.17) is 0 Å². The van der Waals surface area contributed by atoms with Gasteiger partial charge < -0.3 is 0 Å². The van der Waals surface area contributed by atoms with Gasteiger partial charge in [-0.05, 0) is 46.5 Å².